The maximum Gasteiger partial charge on any atom is 0.246 e. The van der Waals surface area contributed by atoms with Crippen LogP contribution in [0.2, 0.25) is 0 Å². The number of carbonyl (C=O) groups is 2. The molecule has 1 spiro atoms. The zero-order chi connectivity index (χ0) is 24.9. The molecule has 1 amide bonds. The van der Waals surface area contributed by atoms with Gasteiger partial charge < -0.3 is 10.6 Å². The molecule has 1 aliphatic heterocycles. The van der Waals surface area contributed by atoms with Gasteiger partial charge in [0.1, 0.15) is 22.9 Å². The van der Waals surface area contributed by atoms with E-state index in [2.05, 4.69) is 16.5 Å². The molecule has 2 fully saturated rings. The van der Waals surface area contributed by atoms with Gasteiger partial charge in [0.2, 0.25) is 5.91 Å². The van der Waals surface area contributed by atoms with Crippen LogP contribution < -0.4 is 5.73 Å². The molecule has 4 heterocycles. The Hall–Kier alpha value is -4.33. The third-order valence-corrected chi connectivity index (χ3v) is 7.38. The smallest absolute Gasteiger partial charge is 0.246 e. The van der Waals surface area contributed by atoms with Crippen LogP contribution >= 0.6 is 0 Å². The van der Waals surface area contributed by atoms with Crippen LogP contribution in [-0.2, 0) is 11.2 Å². The van der Waals surface area contributed by atoms with E-state index < -0.39 is 0 Å². The number of fused-ring (bicyclic) bond motifs is 1. The van der Waals surface area contributed by atoms with Crippen LogP contribution in [0.1, 0.15) is 47.2 Å². The molecule has 2 N–H and O–H groups in total. The fourth-order valence-corrected chi connectivity index (χ4v) is 5.28. The zero-order valence-corrected chi connectivity index (χ0v) is 19.8. The molecule has 0 radical (unpaired) electrons. The number of likely N-dealkylation sites (tertiary alicyclic amines) is 1. The lowest BCUT2D eigenvalue weighted by Crippen LogP contribution is -2.30. The summed E-state index contributed by atoms with van der Waals surface area (Å²) in [6.07, 6.45) is 9.91. The molecule has 2 aliphatic rings. The van der Waals surface area contributed by atoms with Crippen LogP contribution in [-0.4, -0.2) is 42.5 Å². The number of hydrogen-bond acceptors (Lipinski definition) is 6. The summed E-state index contributed by atoms with van der Waals surface area (Å²) >= 11 is 0. The summed E-state index contributed by atoms with van der Waals surface area (Å²) < 4.78 is 1.95. The molecule has 0 bridgehead atoms. The van der Waals surface area contributed by atoms with Gasteiger partial charge in [0.15, 0.2) is 5.78 Å². The third-order valence-electron chi connectivity index (χ3n) is 7.38. The summed E-state index contributed by atoms with van der Waals surface area (Å²) in [5.74, 6) is 1.04. The van der Waals surface area contributed by atoms with Gasteiger partial charge in [-0.25, -0.2) is 9.97 Å². The predicted molar refractivity (Wildman–Crippen MR) is 136 cm³/mol. The van der Waals surface area contributed by atoms with E-state index in [4.69, 9.17) is 10.7 Å². The van der Waals surface area contributed by atoms with Crippen LogP contribution in [0.4, 0.5) is 5.82 Å². The largest absolute Gasteiger partial charge is 0.382 e. The second-order valence-corrected chi connectivity index (χ2v) is 9.74. The lowest BCUT2D eigenvalue weighted by atomic mass is 10.0. The number of ketones is 1. The molecular formula is C28H26N6O2. The van der Waals surface area contributed by atoms with Crippen molar-refractivity contribution in [2.45, 2.75) is 31.7 Å². The van der Waals surface area contributed by atoms with Crippen molar-refractivity contribution in [3.05, 3.63) is 90.8 Å². The maximum absolute atomic E-state index is 12.8. The summed E-state index contributed by atoms with van der Waals surface area (Å²) in [6.45, 7) is 4.42. The minimum atomic E-state index is -0.166. The molecule has 1 unspecified atom stereocenters. The number of benzene rings is 1. The zero-order valence-electron chi connectivity index (χ0n) is 19.8. The summed E-state index contributed by atoms with van der Waals surface area (Å²) in [5, 5.41) is 0. The number of nitrogens with zero attached hydrogens (tertiary/aromatic N) is 5. The van der Waals surface area contributed by atoms with Gasteiger partial charge in [0.25, 0.3) is 0 Å². The first-order chi connectivity index (χ1) is 17.5. The molecule has 1 aromatic carbocycles. The van der Waals surface area contributed by atoms with Crippen molar-refractivity contribution >= 4 is 23.0 Å². The van der Waals surface area contributed by atoms with E-state index in [0.29, 0.717) is 22.6 Å². The molecule has 8 nitrogen and oxygen atoms in total. The fraction of sp³-hybridized carbons (Fsp3) is 0.250. The normalized spacial score (nSPS) is 18.0. The van der Waals surface area contributed by atoms with Crippen LogP contribution in [0.3, 0.4) is 0 Å². The minimum absolute atomic E-state index is 0.00363. The van der Waals surface area contributed by atoms with Gasteiger partial charge in [-0.15, -0.1) is 0 Å². The van der Waals surface area contributed by atoms with Gasteiger partial charge >= 0.3 is 0 Å². The van der Waals surface area contributed by atoms with E-state index in [9.17, 15) is 9.59 Å². The van der Waals surface area contributed by atoms with Crippen molar-refractivity contribution in [3.63, 3.8) is 0 Å². The van der Waals surface area contributed by atoms with Crippen molar-refractivity contribution in [3.8, 4) is 11.3 Å². The van der Waals surface area contributed by atoms with Gasteiger partial charge in [-0.2, -0.15) is 0 Å². The quantitative estimate of drug-likeness (QED) is 0.331. The minimum Gasteiger partial charge on any atom is -0.382 e. The van der Waals surface area contributed by atoms with Crippen molar-refractivity contribution < 1.29 is 9.59 Å². The van der Waals surface area contributed by atoms with Gasteiger partial charge in [-0.3, -0.25) is 19.0 Å². The van der Waals surface area contributed by atoms with Crippen LogP contribution in [0.5, 0.6) is 0 Å². The summed E-state index contributed by atoms with van der Waals surface area (Å²) in [5.41, 5.74) is 10.1. The van der Waals surface area contributed by atoms with Gasteiger partial charge in [0.05, 0.1) is 12.5 Å². The van der Waals surface area contributed by atoms with Crippen LogP contribution in [0, 0.1) is 5.41 Å². The molecule has 3 aromatic heterocycles. The standard InChI is InChI=1S/C28H26N6O2/c1-2-23(36)34-17-28(10-11-28)16-21(34)27-32-24(25-26(29)31-13-14-33(25)27)19-8-6-18(7-9-19)22(35)15-20-5-3-4-12-30-20/h2-9,12-14,21H,1,10-11,15-17H2,(H2,29,31). The lowest BCUT2D eigenvalue weighted by molar-refractivity contribution is -0.127. The number of hydrogen-bond donors (Lipinski definition) is 1. The lowest BCUT2D eigenvalue weighted by Gasteiger charge is -2.22. The van der Waals surface area contributed by atoms with E-state index in [0.717, 1.165) is 42.9 Å². The molecule has 1 aliphatic carbocycles. The van der Waals surface area contributed by atoms with Crippen molar-refractivity contribution in [1.29, 1.82) is 0 Å². The summed E-state index contributed by atoms with van der Waals surface area (Å²) in [7, 11) is 0. The Kier molecular flexibility index (Phi) is 5.17. The van der Waals surface area contributed by atoms with Gasteiger partial charge in [-0.1, -0.05) is 36.9 Å². The Balaban J connectivity index is 1.37. The Morgan fingerprint density at radius 1 is 1.11 bits per heavy atom. The molecule has 4 aromatic rings. The average molecular weight is 479 g/mol. The first kappa shape index (κ1) is 22.2. The van der Waals surface area contributed by atoms with Gasteiger partial charge in [0, 0.05) is 42.0 Å². The van der Waals surface area contributed by atoms with Crippen LogP contribution in [0.15, 0.2) is 73.7 Å². The number of imidazole rings is 1. The maximum atomic E-state index is 12.8. The predicted octanol–water partition coefficient (Wildman–Crippen LogP) is 4.04. The van der Waals surface area contributed by atoms with Gasteiger partial charge in [-0.05, 0) is 42.9 Å². The average Bonchev–Trinajstić information content (AvgIpc) is 3.38. The number of aromatic nitrogens is 4. The Labute approximate surface area is 208 Å². The Morgan fingerprint density at radius 2 is 1.92 bits per heavy atom. The second-order valence-electron chi connectivity index (χ2n) is 9.74. The monoisotopic (exact) mass is 478 g/mol. The molecule has 1 saturated carbocycles. The number of anilines is 1. The second kappa shape index (κ2) is 8.41. The van der Waals surface area contributed by atoms with E-state index in [1.54, 1.807) is 24.5 Å². The number of Topliss-reactive ketones (excluding diaryl/α,β-unsaturated/α-hetero) is 1. The topological polar surface area (TPSA) is 106 Å². The fourth-order valence-electron chi connectivity index (χ4n) is 5.28. The van der Waals surface area contributed by atoms with E-state index >= 15 is 0 Å². The first-order valence-corrected chi connectivity index (χ1v) is 12.1. The Bertz CT molecular complexity index is 1490. The number of pyridine rings is 1. The van der Waals surface area contributed by atoms with E-state index in [1.165, 1.54) is 6.08 Å². The summed E-state index contributed by atoms with van der Waals surface area (Å²) in [4.78, 5) is 40.9. The number of amides is 1. The molecule has 180 valence electrons. The van der Waals surface area contributed by atoms with Crippen molar-refractivity contribution in [1.82, 2.24) is 24.3 Å². The number of rotatable bonds is 6. The number of nitrogens with two attached hydrogens (primary N) is 1. The summed E-state index contributed by atoms with van der Waals surface area (Å²) in [6, 6.07) is 12.8. The number of nitrogen functional groups attached to an aromatic ring is 1. The van der Waals surface area contributed by atoms with Crippen LogP contribution in [0.25, 0.3) is 16.8 Å². The molecular weight excluding hydrogens is 452 g/mol. The first-order valence-electron chi connectivity index (χ1n) is 12.1. The highest BCUT2D eigenvalue weighted by Gasteiger charge is 2.54. The molecule has 8 heteroatoms. The molecule has 1 saturated heterocycles. The highest BCUT2D eigenvalue weighted by Crippen LogP contribution is 2.58. The SMILES string of the molecule is C=CC(=O)N1CC2(CC2)CC1c1nc(-c2ccc(C(=O)Cc3ccccn3)cc2)c2c(N)nccn12. The van der Waals surface area contributed by atoms with E-state index in [-0.39, 0.29) is 29.6 Å². The van der Waals surface area contributed by atoms with Crippen molar-refractivity contribution in [2.75, 3.05) is 12.3 Å². The third kappa shape index (κ3) is 3.75. The van der Waals surface area contributed by atoms with E-state index in [1.807, 2.05) is 45.8 Å². The molecule has 1 atom stereocenters. The van der Waals surface area contributed by atoms with Crippen molar-refractivity contribution in [2.24, 2.45) is 5.41 Å². The Morgan fingerprint density at radius 3 is 2.61 bits per heavy atom. The highest BCUT2D eigenvalue weighted by atomic mass is 16.2. The molecule has 6 rings (SSSR count). The molecule has 36 heavy (non-hydrogen) atoms. The highest BCUT2D eigenvalue weighted by molar-refractivity contribution is 5.98. The number of carbonyl (C=O) groups excluding carboxylic acids is 2.